The van der Waals surface area contributed by atoms with Gasteiger partial charge in [-0.2, -0.15) is 5.01 Å². The Kier molecular flexibility index (Phi) is 7.58. The van der Waals surface area contributed by atoms with Crippen LogP contribution < -0.4 is 5.43 Å². The molecular weight excluding hydrogens is 489 g/mol. The third-order valence-electron chi connectivity index (χ3n) is 5.23. The highest BCUT2D eigenvalue weighted by molar-refractivity contribution is 8.26. The molecule has 3 heterocycles. The zero-order valence-corrected chi connectivity index (χ0v) is 20.3. The van der Waals surface area contributed by atoms with Crippen LogP contribution in [0.15, 0.2) is 39.7 Å². The summed E-state index contributed by atoms with van der Waals surface area (Å²) in [5, 5.41) is 2.18. The number of furan rings is 1. The molecule has 0 saturated carbocycles. The SMILES string of the molecule is O=C(CCN1CCCCC1)NN1C(=O)/C(=C/c2ccc(-c3cc(Cl)ccc3Cl)o2)SC1=S. The van der Waals surface area contributed by atoms with E-state index in [2.05, 4.69) is 10.3 Å². The van der Waals surface area contributed by atoms with Crippen molar-refractivity contribution >= 4 is 69.4 Å². The molecule has 0 bridgehead atoms. The molecule has 2 aliphatic heterocycles. The van der Waals surface area contributed by atoms with Crippen LogP contribution in [0.1, 0.15) is 31.4 Å². The highest BCUT2D eigenvalue weighted by Gasteiger charge is 2.34. The number of thioether (sulfide) groups is 1. The lowest BCUT2D eigenvalue weighted by Crippen LogP contribution is -2.46. The molecule has 0 aliphatic carbocycles. The average molecular weight is 510 g/mol. The van der Waals surface area contributed by atoms with E-state index in [-0.39, 0.29) is 16.1 Å². The van der Waals surface area contributed by atoms with Crippen molar-refractivity contribution in [2.75, 3.05) is 19.6 Å². The summed E-state index contributed by atoms with van der Waals surface area (Å²) in [5.74, 6) is 0.382. The topological polar surface area (TPSA) is 65.8 Å². The largest absolute Gasteiger partial charge is 0.457 e. The second kappa shape index (κ2) is 10.4. The van der Waals surface area contributed by atoms with E-state index >= 15 is 0 Å². The number of hydrazine groups is 1. The highest BCUT2D eigenvalue weighted by atomic mass is 35.5. The highest BCUT2D eigenvalue weighted by Crippen LogP contribution is 2.35. The minimum atomic E-state index is -0.384. The van der Waals surface area contributed by atoms with Crippen molar-refractivity contribution in [1.82, 2.24) is 15.3 Å². The number of rotatable bonds is 6. The Balaban J connectivity index is 1.39. The Morgan fingerprint density at radius 1 is 1.19 bits per heavy atom. The van der Waals surface area contributed by atoms with Crippen molar-refractivity contribution < 1.29 is 14.0 Å². The quantitative estimate of drug-likeness (QED) is 0.417. The molecule has 2 fully saturated rings. The molecule has 0 spiro atoms. The Morgan fingerprint density at radius 2 is 1.97 bits per heavy atom. The van der Waals surface area contributed by atoms with Crippen molar-refractivity contribution in [2.24, 2.45) is 0 Å². The number of carbonyl (C=O) groups is 2. The van der Waals surface area contributed by atoms with Crippen LogP contribution in [-0.2, 0) is 9.59 Å². The first-order valence-corrected chi connectivity index (χ1v) is 12.2. The Labute approximate surface area is 205 Å². The van der Waals surface area contributed by atoms with E-state index in [0.717, 1.165) is 29.9 Å². The summed E-state index contributed by atoms with van der Waals surface area (Å²) in [6, 6.07) is 8.60. The standard InChI is InChI=1S/C22H21Cl2N3O3S2/c23-14-4-6-17(24)16(12-14)18-7-5-15(30-18)13-19-21(29)27(22(31)32-19)25-20(28)8-11-26-9-2-1-3-10-26/h4-7,12-13H,1-3,8-11H2,(H,25,28)/b19-13-. The number of nitrogens with one attached hydrogen (secondary N) is 1. The second-order valence-corrected chi connectivity index (χ2v) is 10.0. The number of carbonyl (C=O) groups excluding carboxylic acids is 2. The molecule has 1 aromatic heterocycles. The first-order chi connectivity index (χ1) is 15.4. The van der Waals surface area contributed by atoms with Crippen LogP contribution in [0.4, 0.5) is 0 Å². The van der Waals surface area contributed by atoms with Crippen LogP contribution in [0, 0.1) is 0 Å². The van der Waals surface area contributed by atoms with Gasteiger partial charge in [-0.1, -0.05) is 41.4 Å². The number of thiocarbonyl (C=S) groups is 1. The third-order valence-corrected chi connectivity index (χ3v) is 7.09. The van der Waals surface area contributed by atoms with Gasteiger partial charge in [0.1, 0.15) is 11.5 Å². The summed E-state index contributed by atoms with van der Waals surface area (Å²) in [7, 11) is 0. The van der Waals surface area contributed by atoms with Crippen LogP contribution in [0.25, 0.3) is 17.4 Å². The lowest BCUT2D eigenvalue weighted by atomic mass is 10.1. The van der Waals surface area contributed by atoms with E-state index in [0.29, 0.717) is 45.0 Å². The fourth-order valence-electron chi connectivity index (χ4n) is 3.58. The molecule has 168 valence electrons. The van der Waals surface area contributed by atoms with Crippen LogP contribution >= 0.6 is 47.2 Å². The molecule has 10 heteroatoms. The van der Waals surface area contributed by atoms with Gasteiger partial charge in [0, 0.05) is 29.6 Å². The second-order valence-electron chi connectivity index (χ2n) is 7.53. The molecule has 32 heavy (non-hydrogen) atoms. The molecule has 2 amide bonds. The molecule has 4 rings (SSSR count). The number of amides is 2. The number of benzene rings is 1. The predicted octanol–water partition coefficient (Wildman–Crippen LogP) is 5.36. The van der Waals surface area contributed by atoms with Gasteiger partial charge in [0.05, 0.1) is 9.93 Å². The Morgan fingerprint density at radius 3 is 2.75 bits per heavy atom. The number of likely N-dealkylation sites (tertiary alicyclic amines) is 1. The van der Waals surface area contributed by atoms with Gasteiger partial charge in [-0.15, -0.1) is 0 Å². The van der Waals surface area contributed by atoms with E-state index in [9.17, 15) is 9.59 Å². The molecule has 1 N–H and O–H groups in total. The first kappa shape index (κ1) is 23.3. The van der Waals surface area contributed by atoms with Crippen LogP contribution in [0.5, 0.6) is 0 Å². The molecule has 1 aromatic carbocycles. The molecule has 2 aliphatic rings. The minimum Gasteiger partial charge on any atom is -0.457 e. The van der Waals surface area contributed by atoms with E-state index in [1.54, 1.807) is 36.4 Å². The maximum absolute atomic E-state index is 12.8. The lowest BCUT2D eigenvalue weighted by Gasteiger charge is -2.26. The number of halogens is 2. The third kappa shape index (κ3) is 5.55. The molecular formula is C22H21Cl2N3O3S2. The number of piperidine rings is 1. The van der Waals surface area contributed by atoms with Crippen LogP contribution in [0.3, 0.4) is 0 Å². The fourth-order valence-corrected chi connectivity index (χ4v) is 5.12. The normalized spacial score (nSPS) is 18.6. The molecule has 0 atom stereocenters. The molecule has 0 radical (unpaired) electrons. The van der Waals surface area contributed by atoms with Crippen molar-refractivity contribution in [3.05, 3.63) is 51.0 Å². The van der Waals surface area contributed by atoms with E-state index in [4.69, 9.17) is 39.8 Å². The minimum absolute atomic E-state index is 0.232. The van der Waals surface area contributed by atoms with Crippen molar-refractivity contribution in [3.8, 4) is 11.3 Å². The zero-order valence-electron chi connectivity index (χ0n) is 17.1. The number of hydrogen-bond donors (Lipinski definition) is 1. The van der Waals surface area contributed by atoms with Crippen molar-refractivity contribution in [1.29, 1.82) is 0 Å². The summed E-state index contributed by atoms with van der Waals surface area (Å²) in [5.41, 5.74) is 3.29. The summed E-state index contributed by atoms with van der Waals surface area (Å²) in [4.78, 5) is 27.8. The maximum atomic E-state index is 12.8. The summed E-state index contributed by atoms with van der Waals surface area (Å²) in [6.07, 6.45) is 5.49. The summed E-state index contributed by atoms with van der Waals surface area (Å²) < 4.78 is 6.11. The van der Waals surface area contributed by atoms with Gasteiger partial charge in [-0.3, -0.25) is 15.0 Å². The Hall–Kier alpha value is -1.84. The number of hydrogen-bond acceptors (Lipinski definition) is 6. The summed E-state index contributed by atoms with van der Waals surface area (Å²) in [6.45, 7) is 2.71. The molecule has 2 aromatic rings. The van der Waals surface area contributed by atoms with Crippen LogP contribution in [0.2, 0.25) is 10.0 Å². The van der Waals surface area contributed by atoms with Gasteiger partial charge in [0.15, 0.2) is 4.32 Å². The van der Waals surface area contributed by atoms with Gasteiger partial charge in [-0.05, 0) is 68.5 Å². The zero-order chi connectivity index (χ0) is 22.7. The number of nitrogens with zero attached hydrogens (tertiary/aromatic N) is 2. The fraction of sp³-hybridized carbons (Fsp3) is 0.318. The first-order valence-electron chi connectivity index (χ1n) is 10.3. The smallest absolute Gasteiger partial charge is 0.285 e. The monoisotopic (exact) mass is 509 g/mol. The predicted molar refractivity (Wildman–Crippen MR) is 132 cm³/mol. The van der Waals surface area contributed by atoms with Gasteiger partial charge < -0.3 is 9.32 Å². The van der Waals surface area contributed by atoms with Crippen molar-refractivity contribution in [3.63, 3.8) is 0 Å². The van der Waals surface area contributed by atoms with Gasteiger partial charge in [-0.25, -0.2) is 0 Å². The van der Waals surface area contributed by atoms with E-state index in [1.807, 2.05) is 0 Å². The maximum Gasteiger partial charge on any atom is 0.285 e. The van der Waals surface area contributed by atoms with Crippen molar-refractivity contribution in [2.45, 2.75) is 25.7 Å². The molecule has 2 saturated heterocycles. The van der Waals surface area contributed by atoms with E-state index in [1.165, 1.54) is 19.3 Å². The van der Waals surface area contributed by atoms with Gasteiger partial charge >= 0.3 is 0 Å². The van der Waals surface area contributed by atoms with Crippen LogP contribution in [-0.4, -0.2) is 45.7 Å². The average Bonchev–Trinajstić information content (AvgIpc) is 3.35. The lowest BCUT2D eigenvalue weighted by molar-refractivity contribution is -0.133. The van der Waals surface area contributed by atoms with Gasteiger partial charge in [0.25, 0.3) is 5.91 Å². The van der Waals surface area contributed by atoms with Gasteiger partial charge in [0.2, 0.25) is 5.91 Å². The Bertz CT molecular complexity index is 1080. The molecule has 0 unspecified atom stereocenters. The molecule has 6 nitrogen and oxygen atoms in total. The van der Waals surface area contributed by atoms with E-state index < -0.39 is 0 Å². The summed E-state index contributed by atoms with van der Waals surface area (Å²) >= 11 is 18.7.